The first-order valence-corrected chi connectivity index (χ1v) is 7.86. The van der Waals surface area contributed by atoms with Gasteiger partial charge in [0.2, 0.25) is 10.0 Å². The van der Waals surface area contributed by atoms with Gasteiger partial charge in [-0.15, -0.1) is 0 Å². The maximum absolute atomic E-state index is 12.5. The van der Waals surface area contributed by atoms with Crippen LogP contribution in [-0.4, -0.2) is 18.4 Å². The number of nitrogens with zero attached hydrogens (tertiary/aromatic N) is 1. The highest BCUT2D eigenvalue weighted by molar-refractivity contribution is 7.89. The van der Waals surface area contributed by atoms with Crippen molar-refractivity contribution in [3.05, 3.63) is 48.0 Å². The van der Waals surface area contributed by atoms with Crippen molar-refractivity contribution in [1.82, 2.24) is 14.7 Å². The van der Waals surface area contributed by atoms with Crippen molar-refractivity contribution in [3.8, 4) is 0 Å². The number of aromatic nitrogens is 2. The van der Waals surface area contributed by atoms with E-state index in [2.05, 4.69) is 14.7 Å². The fraction of sp³-hybridized carbons (Fsp3) is 0.308. The molecule has 0 bridgehead atoms. The standard InChI is InChI=1S/C13H18N4O2S/c1-2-11(13-15-7-8-16-13)17-20(18,19)12-6-4-3-5-10(12)9-14/h3-8,11,17H,2,9,14H2,1H3,(H,15,16). The summed E-state index contributed by atoms with van der Waals surface area (Å²) in [4.78, 5) is 7.24. The summed E-state index contributed by atoms with van der Waals surface area (Å²) in [6.07, 6.45) is 3.86. The van der Waals surface area contributed by atoms with Crippen LogP contribution in [-0.2, 0) is 16.6 Å². The predicted molar refractivity (Wildman–Crippen MR) is 76.3 cm³/mol. The van der Waals surface area contributed by atoms with Gasteiger partial charge in [-0.1, -0.05) is 25.1 Å². The van der Waals surface area contributed by atoms with Crippen molar-refractivity contribution in [2.45, 2.75) is 30.8 Å². The van der Waals surface area contributed by atoms with Crippen molar-refractivity contribution in [2.24, 2.45) is 5.73 Å². The van der Waals surface area contributed by atoms with E-state index >= 15 is 0 Å². The molecule has 20 heavy (non-hydrogen) atoms. The lowest BCUT2D eigenvalue weighted by Gasteiger charge is -2.16. The quantitative estimate of drug-likeness (QED) is 0.747. The molecule has 4 N–H and O–H groups in total. The zero-order valence-electron chi connectivity index (χ0n) is 11.2. The van der Waals surface area contributed by atoms with Crippen molar-refractivity contribution in [1.29, 1.82) is 0 Å². The van der Waals surface area contributed by atoms with Crippen LogP contribution in [0.25, 0.3) is 0 Å². The van der Waals surface area contributed by atoms with E-state index in [-0.39, 0.29) is 17.5 Å². The van der Waals surface area contributed by atoms with Crippen LogP contribution in [0.4, 0.5) is 0 Å². The van der Waals surface area contributed by atoms with E-state index in [1.165, 1.54) is 0 Å². The summed E-state index contributed by atoms with van der Waals surface area (Å²) in [6, 6.07) is 6.33. The Labute approximate surface area is 118 Å². The maximum atomic E-state index is 12.5. The van der Waals surface area contributed by atoms with Gasteiger partial charge in [-0.3, -0.25) is 0 Å². The minimum absolute atomic E-state index is 0.175. The minimum Gasteiger partial charge on any atom is -0.347 e. The molecule has 0 saturated heterocycles. The summed E-state index contributed by atoms with van der Waals surface area (Å²) < 4.78 is 27.6. The van der Waals surface area contributed by atoms with Crippen molar-refractivity contribution in [2.75, 3.05) is 0 Å². The third kappa shape index (κ3) is 3.06. The number of H-pyrrole nitrogens is 1. The van der Waals surface area contributed by atoms with E-state index in [1.54, 1.807) is 36.7 Å². The molecule has 0 aliphatic rings. The van der Waals surface area contributed by atoms with E-state index < -0.39 is 10.0 Å². The number of benzene rings is 1. The molecule has 2 aromatic rings. The molecule has 1 aromatic heterocycles. The molecule has 1 unspecified atom stereocenters. The van der Waals surface area contributed by atoms with Crippen molar-refractivity contribution >= 4 is 10.0 Å². The van der Waals surface area contributed by atoms with E-state index in [1.807, 2.05) is 6.92 Å². The predicted octanol–water partition coefficient (Wildman–Crippen LogP) is 1.30. The SMILES string of the molecule is CCC(NS(=O)(=O)c1ccccc1CN)c1ncc[nH]1. The Bertz CT molecular complexity index is 653. The Morgan fingerprint density at radius 1 is 1.40 bits per heavy atom. The van der Waals surface area contributed by atoms with Crippen LogP contribution in [0.5, 0.6) is 0 Å². The fourth-order valence-corrected chi connectivity index (χ4v) is 3.52. The van der Waals surface area contributed by atoms with Gasteiger partial charge in [0.1, 0.15) is 5.82 Å². The zero-order valence-corrected chi connectivity index (χ0v) is 12.0. The van der Waals surface area contributed by atoms with E-state index in [0.717, 1.165) is 0 Å². The minimum atomic E-state index is -3.63. The van der Waals surface area contributed by atoms with E-state index in [4.69, 9.17) is 5.73 Å². The monoisotopic (exact) mass is 294 g/mol. The number of nitrogens with one attached hydrogen (secondary N) is 2. The lowest BCUT2D eigenvalue weighted by atomic mass is 10.2. The molecule has 0 spiro atoms. The summed E-state index contributed by atoms with van der Waals surface area (Å²) in [5, 5.41) is 0. The number of aromatic amines is 1. The molecule has 1 aromatic carbocycles. The van der Waals surface area contributed by atoms with Crippen LogP contribution in [0.1, 0.15) is 30.8 Å². The van der Waals surface area contributed by atoms with Crippen LogP contribution >= 0.6 is 0 Å². The topological polar surface area (TPSA) is 101 Å². The zero-order chi connectivity index (χ0) is 14.6. The first-order valence-electron chi connectivity index (χ1n) is 6.38. The molecule has 108 valence electrons. The second-order valence-corrected chi connectivity index (χ2v) is 6.05. The summed E-state index contributed by atoms with van der Waals surface area (Å²) in [7, 11) is -3.63. The number of sulfonamides is 1. The van der Waals surface area contributed by atoms with Crippen LogP contribution in [0.3, 0.4) is 0 Å². The Hall–Kier alpha value is -1.70. The highest BCUT2D eigenvalue weighted by Crippen LogP contribution is 2.19. The molecule has 1 heterocycles. The number of hydrogen-bond donors (Lipinski definition) is 3. The van der Waals surface area contributed by atoms with Gasteiger partial charge in [0.25, 0.3) is 0 Å². The summed E-state index contributed by atoms with van der Waals surface area (Å²) in [5.41, 5.74) is 6.19. The summed E-state index contributed by atoms with van der Waals surface area (Å²) in [6.45, 7) is 2.07. The lowest BCUT2D eigenvalue weighted by Crippen LogP contribution is -2.30. The number of imidazole rings is 1. The average Bonchev–Trinajstić information content (AvgIpc) is 2.98. The van der Waals surface area contributed by atoms with Crippen LogP contribution in [0.15, 0.2) is 41.6 Å². The highest BCUT2D eigenvalue weighted by atomic mass is 32.2. The van der Waals surface area contributed by atoms with Crippen LogP contribution < -0.4 is 10.5 Å². The van der Waals surface area contributed by atoms with Gasteiger partial charge in [-0.05, 0) is 18.1 Å². The molecular weight excluding hydrogens is 276 g/mol. The largest absolute Gasteiger partial charge is 0.347 e. The van der Waals surface area contributed by atoms with Crippen molar-refractivity contribution in [3.63, 3.8) is 0 Å². The van der Waals surface area contributed by atoms with Gasteiger partial charge < -0.3 is 10.7 Å². The molecule has 0 amide bonds. The molecule has 0 aliphatic carbocycles. The Kier molecular flexibility index (Phi) is 4.53. The number of hydrogen-bond acceptors (Lipinski definition) is 4. The van der Waals surface area contributed by atoms with E-state index in [9.17, 15) is 8.42 Å². The van der Waals surface area contributed by atoms with Crippen LogP contribution in [0, 0.1) is 0 Å². The van der Waals surface area contributed by atoms with Gasteiger partial charge in [0.05, 0.1) is 10.9 Å². The highest BCUT2D eigenvalue weighted by Gasteiger charge is 2.23. The molecule has 0 saturated carbocycles. The number of nitrogens with two attached hydrogens (primary N) is 1. The van der Waals surface area contributed by atoms with Gasteiger partial charge >= 0.3 is 0 Å². The third-order valence-electron chi connectivity index (χ3n) is 3.04. The Morgan fingerprint density at radius 3 is 2.75 bits per heavy atom. The molecule has 0 fully saturated rings. The molecule has 6 nitrogen and oxygen atoms in total. The summed E-state index contributed by atoms with van der Waals surface area (Å²) in [5.74, 6) is 0.598. The first-order chi connectivity index (χ1) is 9.58. The summed E-state index contributed by atoms with van der Waals surface area (Å²) >= 11 is 0. The van der Waals surface area contributed by atoms with E-state index in [0.29, 0.717) is 17.8 Å². The molecule has 7 heteroatoms. The van der Waals surface area contributed by atoms with Crippen LogP contribution in [0.2, 0.25) is 0 Å². The molecule has 1 atom stereocenters. The van der Waals surface area contributed by atoms with Gasteiger partial charge in [0.15, 0.2) is 0 Å². The second-order valence-electron chi connectivity index (χ2n) is 4.37. The smallest absolute Gasteiger partial charge is 0.241 e. The fourth-order valence-electron chi connectivity index (χ4n) is 1.99. The lowest BCUT2D eigenvalue weighted by molar-refractivity contribution is 0.538. The Balaban J connectivity index is 2.31. The average molecular weight is 294 g/mol. The normalized spacial score (nSPS) is 13.3. The number of rotatable bonds is 6. The van der Waals surface area contributed by atoms with Gasteiger partial charge in [0, 0.05) is 18.9 Å². The molecule has 0 aliphatic heterocycles. The first kappa shape index (κ1) is 14.7. The molecule has 2 rings (SSSR count). The Morgan fingerprint density at radius 2 is 2.15 bits per heavy atom. The maximum Gasteiger partial charge on any atom is 0.241 e. The molecule has 0 radical (unpaired) electrons. The van der Waals surface area contributed by atoms with Crippen molar-refractivity contribution < 1.29 is 8.42 Å². The molecular formula is C13H18N4O2S. The van der Waals surface area contributed by atoms with Gasteiger partial charge in [-0.2, -0.15) is 0 Å². The second kappa shape index (κ2) is 6.17. The van der Waals surface area contributed by atoms with Gasteiger partial charge in [-0.25, -0.2) is 18.1 Å². The third-order valence-corrected chi connectivity index (χ3v) is 4.61.